The fourth-order valence-corrected chi connectivity index (χ4v) is 3.98. The van der Waals surface area contributed by atoms with Gasteiger partial charge in [0.15, 0.2) is 11.5 Å². The van der Waals surface area contributed by atoms with Crippen molar-refractivity contribution in [1.29, 1.82) is 0 Å². The third-order valence-corrected chi connectivity index (χ3v) is 5.62. The largest absolute Gasteiger partial charge is 0.386 e. The molecule has 5 rings (SSSR count). The van der Waals surface area contributed by atoms with E-state index in [-0.39, 0.29) is 0 Å². The van der Waals surface area contributed by atoms with Crippen LogP contribution in [0.25, 0.3) is 16.9 Å². The van der Waals surface area contributed by atoms with E-state index in [9.17, 15) is 5.11 Å². The summed E-state index contributed by atoms with van der Waals surface area (Å²) in [4.78, 5) is 9.35. The van der Waals surface area contributed by atoms with E-state index in [1.807, 2.05) is 41.1 Å². The molecule has 2 heterocycles. The molecule has 0 atom stereocenters. The summed E-state index contributed by atoms with van der Waals surface area (Å²) in [5.41, 5.74) is 6.63. The highest BCUT2D eigenvalue weighted by molar-refractivity contribution is 5.74. The molecule has 0 bridgehead atoms. The highest BCUT2D eigenvalue weighted by Gasteiger charge is 2.16. The molecule has 5 nitrogen and oxygen atoms in total. The Labute approximate surface area is 170 Å². The van der Waals surface area contributed by atoms with Gasteiger partial charge in [0.1, 0.15) is 0 Å². The molecule has 0 fully saturated rings. The number of aliphatic hydroxyl groups is 1. The molecule has 0 radical (unpaired) electrons. The van der Waals surface area contributed by atoms with Gasteiger partial charge in [0, 0.05) is 29.8 Å². The quantitative estimate of drug-likeness (QED) is 0.528. The second kappa shape index (κ2) is 6.71. The van der Waals surface area contributed by atoms with Crippen molar-refractivity contribution in [2.75, 3.05) is 5.32 Å². The van der Waals surface area contributed by atoms with Crippen LogP contribution in [0.4, 0.5) is 11.5 Å². The number of fused-ring (bicyclic) bond motifs is 2. The third-order valence-electron chi connectivity index (χ3n) is 5.62. The lowest BCUT2D eigenvalue weighted by molar-refractivity contribution is 0.0786. The predicted molar refractivity (Wildman–Crippen MR) is 115 cm³/mol. The van der Waals surface area contributed by atoms with Crippen molar-refractivity contribution in [3.8, 4) is 11.3 Å². The van der Waals surface area contributed by atoms with E-state index in [1.165, 1.54) is 24.0 Å². The summed E-state index contributed by atoms with van der Waals surface area (Å²) >= 11 is 0. The Morgan fingerprint density at radius 3 is 2.62 bits per heavy atom. The molecule has 5 heteroatoms. The molecule has 0 saturated heterocycles. The first-order valence-electron chi connectivity index (χ1n) is 10.0. The van der Waals surface area contributed by atoms with Gasteiger partial charge in [-0.1, -0.05) is 24.3 Å². The van der Waals surface area contributed by atoms with E-state index < -0.39 is 5.60 Å². The van der Waals surface area contributed by atoms with Gasteiger partial charge in [0.2, 0.25) is 0 Å². The molecule has 0 unspecified atom stereocenters. The van der Waals surface area contributed by atoms with Gasteiger partial charge < -0.3 is 14.8 Å². The van der Waals surface area contributed by atoms with Crippen LogP contribution >= 0.6 is 0 Å². The Hall–Kier alpha value is -3.18. The Morgan fingerprint density at radius 1 is 1.03 bits per heavy atom. The Bertz CT molecular complexity index is 1190. The van der Waals surface area contributed by atoms with E-state index in [1.54, 1.807) is 20.0 Å². The Morgan fingerprint density at radius 2 is 1.83 bits per heavy atom. The second-order valence-corrected chi connectivity index (χ2v) is 8.23. The van der Waals surface area contributed by atoms with Crippen molar-refractivity contribution < 1.29 is 5.11 Å². The molecule has 0 saturated carbocycles. The zero-order chi connectivity index (χ0) is 20.0. The number of nitrogens with one attached hydrogen (secondary N) is 1. The van der Waals surface area contributed by atoms with Gasteiger partial charge in [0.25, 0.3) is 0 Å². The highest BCUT2D eigenvalue weighted by atomic mass is 16.3. The fourth-order valence-electron chi connectivity index (χ4n) is 3.98. The van der Waals surface area contributed by atoms with Crippen molar-refractivity contribution in [3.63, 3.8) is 0 Å². The topological polar surface area (TPSA) is 62.5 Å². The molecule has 1 aliphatic carbocycles. The number of hydrogen-bond acceptors (Lipinski definition) is 4. The lowest BCUT2D eigenvalue weighted by Crippen LogP contribution is -2.15. The van der Waals surface area contributed by atoms with Crippen LogP contribution in [0.1, 0.15) is 37.0 Å². The summed E-state index contributed by atoms with van der Waals surface area (Å²) in [6.45, 7) is 3.57. The number of aryl methyl sites for hydroxylation is 2. The molecule has 1 aliphatic rings. The monoisotopic (exact) mass is 384 g/mol. The van der Waals surface area contributed by atoms with Crippen LogP contribution in [-0.2, 0) is 18.4 Å². The minimum atomic E-state index is -0.860. The van der Waals surface area contributed by atoms with Crippen LogP contribution < -0.4 is 5.32 Å². The van der Waals surface area contributed by atoms with Gasteiger partial charge in [0.05, 0.1) is 11.3 Å². The first-order chi connectivity index (χ1) is 14.0. The highest BCUT2D eigenvalue weighted by Crippen LogP contribution is 2.30. The average molecular weight is 384 g/mol. The number of anilines is 2. The molecule has 0 amide bonds. The van der Waals surface area contributed by atoms with E-state index in [2.05, 4.69) is 28.5 Å². The molecule has 2 aromatic heterocycles. The maximum Gasteiger partial charge on any atom is 0.180 e. The minimum absolute atomic E-state index is 0.712. The number of hydrogen-bond donors (Lipinski definition) is 2. The van der Waals surface area contributed by atoms with Crippen molar-refractivity contribution in [3.05, 3.63) is 77.7 Å². The van der Waals surface area contributed by atoms with Crippen LogP contribution in [0, 0.1) is 0 Å². The van der Waals surface area contributed by atoms with Gasteiger partial charge >= 0.3 is 0 Å². The number of aromatic nitrogens is 3. The summed E-state index contributed by atoms with van der Waals surface area (Å²) in [6, 6.07) is 14.4. The van der Waals surface area contributed by atoms with E-state index in [0.717, 1.165) is 34.6 Å². The van der Waals surface area contributed by atoms with E-state index in [0.29, 0.717) is 5.82 Å². The van der Waals surface area contributed by atoms with Crippen LogP contribution in [0.3, 0.4) is 0 Å². The van der Waals surface area contributed by atoms with Gasteiger partial charge in [-0.25, -0.2) is 9.97 Å². The van der Waals surface area contributed by atoms with Crippen LogP contribution in [0.5, 0.6) is 0 Å². The molecule has 0 spiro atoms. The van der Waals surface area contributed by atoms with Crippen molar-refractivity contribution in [2.45, 2.75) is 38.7 Å². The second-order valence-electron chi connectivity index (χ2n) is 8.23. The molecule has 2 aromatic carbocycles. The maximum absolute atomic E-state index is 10.2. The number of imidazole rings is 1. The first-order valence-corrected chi connectivity index (χ1v) is 10.0. The van der Waals surface area contributed by atoms with Crippen LogP contribution in [0.15, 0.2) is 61.1 Å². The third kappa shape index (κ3) is 3.38. The normalized spacial score (nSPS) is 13.6. The SMILES string of the molecule is CC(C)(O)c1ccc(Nc2nc(-c3ccc4c(c3)CCC4)cn3ccnc23)cc1. The van der Waals surface area contributed by atoms with Gasteiger partial charge in [-0.2, -0.15) is 0 Å². The van der Waals surface area contributed by atoms with Crippen LogP contribution in [-0.4, -0.2) is 19.5 Å². The maximum atomic E-state index is 10.2. The number of benzene rings is 2. The summed E-state index contributed by atoms with van der Waals surface area (Å²) in [6.07, 6.45) is 9.32. The van der Waals surface area contributed by atoms with Gasteiger partial charge in [-0.15, -0.1) is 0 Å². The lowest BCUT2D eigenvalue weighted by Gasteiger charge is -2.18. The zero-order valence-electron chi connectivity index (χ0n) is 16.7. The standard InChI is InChI=1S/C24H24N4O/c1-24(2,29)19-8-10-20(11-9-19)26-22-23-25-12-13-28(23)15-21(27-22)18-7-6-16-4-3-5-17(16)14-18/h6-15,29H,3-5H2,1-2H3,(H,26,27). The summed E-state index contributed by atoms with van der Waals surface area (Å²) in [5, 5.41) is 13.6. The van der Waals surface area contributed by atoms with Gasteiger partial charge in [-0.3, -0.25) is 0 Å². The molecule has 2 N–H and O–H groups in total. The Balaban J connectivity index is 1.53. The predicted octanol–water partition coefficient (Wildman–Crippen LogP) is 4.86. The molecule has 4 aromatic rings. The summed E-state index contributed by atoms with van der Waals surface area (Å²) < 4.78 is 2.00. The number of rotatable bonds is 4. The lowest BCUT2D eigenvalue weighted by atomic mass is 9.98. The first kappa shape index (κ1) is 17.9. The average Bonchev–Trinajstić information content (AvgIpc) is 3.36. The molecular weight excluding hydrogens is 360 g/mol. The smallest absolute Gasteiger partial charge is 0.180 e. The Kier molecular flexibility index (Phi) is 4.14. The van der Waals surface area contributed by atoms with Gasteiger partial charge in [-0.05, 0) is 68.0 Å². The number of nitrogens with zero attached hydrogens (tertiary/aromatic N) is 3. The van der Waals surface area contributed by atoms with Crippen molar-refractivity contribution in [1.82, 2.24) is 14.4 Å². The fraction of sp³-hybridized carbons (Fsp3) is 0.250. The van der Waals surface area contributed by atoms with E-state index >= 15 is 0 Å². The van der Waals surface area contributed by atoms with Crippen molar-refractivity contribution in [2.24, 2.45) is 0 Å². The van der Waals surface area contributed by atoms with E-state index in [4.69, 9.17) is 4.98 Å². The molecule has 146 valence electrons. The minimum Gasteiger partial charge on any atom is -0.386 e. The molecule has 29 heavy (non-hydrogen) atoms. The van der Waals surface area contributed by atoms with Crippen LogP contribution in [0.2, 0.25) is 0 Å². The summed E-state index contributed by atoms with van der Waals surface area (Å²) in [5.74, 6) is 0.712. The zero-order valence-corrected chi connectivity index (χ0v) is 16.7. The molecular formula is C24H24N4O. The van der Waals surface area contributed by atoms with Crippen molar-refractivity contribution >= 4 is 17.2 Å². The summed E-state index contributed by atoms with van der Waals surface area (Å²) in [7, 11) is 0. The molecule has 0 aliphatic heterocycles.